The lowest BCUT2D eigenvalue weighted by Gasteiger charge is -2.09. The highest BCUT2D eigenvalue weighted by Crippen LogP contribution is 2.27. The van der Waals surface area contributed by atoms with Gasteiger partial charge in [0.25, 0.3) is 0 Å². The molecule has 0 saturated carbocycles. The van der Waals surface area contributed by atoms with Crippen molar-refractivity contribution in [1.82, 2.24) is 0 Å². The van der Waals surface area contributed by atoms with Gasteiger partial charge in [-0.25, -0.2) is 4.79 Å². The van der Waals surface area contributed by atoms with Crippen molar-refractivity contribution >= 4 is 22.7 Å². The van der Waals surface area contributed by atoms with E-state index in [0.29, 0.717) is 22.4 Å². The van der Waals surface area contributed by atoms with Crippen LogP contribution in [0.15, 0.2) is 57.7 Å². The van der Waals surface area contributed by atoms with Gasteiger partial charge in [0.1, 0.15) is 5.58 Å². The SMILES string of the molecule is COc1ccc(C(=O)COC(=O)c2cc(=O)c3ccccc3o2)cc1OC. The highest BCUT2D eigenvalue weighted by atomic mass is 16.5. The molecule has 0 saturated heterocycles. The Morgan fingerprint density at radius 2 is 1.70 bits per heavy atom. The molecule has 7 nitrogen and oxygen atoms in total. The Morgan fingerprint density at radius 3 is 2.44 bits per heavy atom. The highest BCUT2D eigenvalue weighted by molar-refractivity contribution is 5.99. The molecule has 0 bridgehead atoms. The zero-order chi connectivity index (χ0) is 19.4. The summed E-state index contributed by atoms with van der Waals surface area (Å²) in [5.74, 6) is -0.739. The highest BCUT2D eigenvalue weighted by Gasteiger charge is 2.17. The quantitative estimate of drug-likeness (QED) is 0.488. The van der Waals surface area contributed by atoms with Gasteiger partial charge in [-0.1, -0.05) is 12.1 Å². The molecule has 0 radical (unpaired) electrons. The third kappa shape index (κ3) is 3.82. The first kappa shape index (κ1) is 18.2. The third-order valence-electron chi connectivity index (χ3n) is 3.88. The molecule has 1 aromatic heterocycles. The average Bonchev–Trinajstić information content (AvgIpc) is 2.71. The van der Waals surface area contributed by atoms with Crippen LogP contribution < -0.4 is 14.9 Å². The molecule has 0 aliphatic heterocycles. The van der Waals surface area contributed by atoms with E-state index in [1.165, 1.54) is 26.4 Å². The molecule has 3 rings (SSSR count). The van der Waals surface area contributed by atoms with Crippen molar-refractivity contribution < 1.29 is 28.2 Å². The van der Waals surface area contributed by atoms with Crippen molar-refractivity contribution in [1.29, 1.82) is 0 Å². The number of Topliss-reactive ketones (excluding diaryl/α,β-unsaturated/α-hetero) is 1. The van der Waals surface area contributed by atoms with Gasteiger partial charge in [0.15, 0.2) is 29.3 Å². The molecule has 1 heterocycles. The maximum absolute atomic E-state index is 12.3. The van der Waals surface area contributed by atoms with Crippen LogP contribution in [0.3, 0.4) is 0 Å². The first-order chi connectivity index (χ1) is 13.0. The average molecular weight is 368 g/mol. The summed E-state index contributed by atoms with van der Waals surface area (Å²) in [5, 5.41) is 0.357. The zero-order valence-corrected chi connectivity index (χ0v) is 14.7. The molecule has 2 aromatic carbocycles. The number of carbonyl (C=O) groups excluding carboxylic acids is 2. The number of fused-ring (bicyclic) bond motifs is 1. The summed E-state index contributed by atoms with van der Waals surface area (Å²) in [6.45, 7) is -0.509. The van der Waals surface area contributed by atoms with Gasteiger partial charge >= 0.3 is 5.97 Å². The van der Waals surface area contributed by atoms with Crippen LogP contribution in [0, 0.1) is 0 Å². The summed E-state index contributed by atoms with van der Waals surface area (Å²) >= 11 is 0. The number of rotatable bonds is 6. The fourth-order valence-corrected chi connectivity index (χ4v) is 2.50. The Morgan fingerprint density at radius 1 is 0.963 bits per heavy atom. The van der Waals surface area contributed by atoms with Crippen molar-refractivity contribution in [2.24, 2.45) is 0 Å². The molecule has 0 aliphatic rings. The summed E-state index contributed by atoms with van der Waals surface area (Å²) in [5.41, 5.74) is 0.193. The fraction of sp³-hybridized carbons (Fsp3) is 0.150. The van der Waals surface area contributed by atoms with E-state index in [4.69, 9.17) is 18.6 Å². The minimum atomic E-state index is -0.897. The molecule has 0 amide bonds. The normalized spacial score (nSPS) is 10.4. The minimum absolute atomic E-state index is 0.265. The van der Waals surface area contributed by atoms with Gasteiger partial charge in [0, 0.05) is 11.6 Å². The van der Waals surface area contributed by atoms with Gasteiger partial charge < -0.3 is 18.6 Å². The summed E-state index contributed by atoms with van der Waals surface area (Å²) in [6, 6.07) is 12.2. The standard InChI is InChI=1S/C20H16O7/c1-24-17-8-7-12(9-18(17)25-2)15(22)11-26-20(23)19-10-14(21)13-5-3-4-6-16(13)27-19/h3-10H,11H2,1-2H3. The van der Waals surface area contributed by atoms with Gasteiger partial charge in [-0.2, -0.15) is 0 Å². The van der Waals surface area contributed by atoms with Crippen LogP contribution in [0.25, 0.3) is 11.0 Å². The van der Waals surface area contributed by atoms with Gasteiger partial charge in [0.2, 0.25) is 5.76 Å². The molecule has 3 aromatic rings. The molecule has 0 fully saturated rings. The smallest absolute Gasteiger partial charge is 0.374 e. The van der Waals surface area contributed by atoms with Crippen LogP contribution in [-0.2, 0) is 4.74 Å². The number of carbonyl (C=O) groups is 2. The topological polar surface area (TPSA) is 92.0 Å². The van der Waals surface area contributed by atoms with Crippen LogP contribution in [-0.4, -0.2) is 32.6 Å². The summed E-state index contributed by atoms with van der Waals surface area (Å²) in [7, 11) is 2.94. The van der Waals surface area contributed by atoms with E-state index in [1.807, 2.05) is 0 Å². The number of ether oxygens (including phenoxy) is 3. The van der Waals surface area contributed by atoms with Gasteiger partial charge in [-0.15, -0.1) is 0 Å². The van der Waals surface area contributed by atoms with E-state index in [9.17, 15) is 14.4 Å². The van der Waals surface area contributed by atoms with Gasteiger partial charge in [-0.3, -0.25) is 9.59 Å². The van der Waals surface area contributed by atoms with Crippen molar-refractivity contribution in [3.05, 3.63) is 70.1 Å². The molecular formula is C20H16O7. The summed E-state index contributed by atoms with van der Waals surface area (Å²) in [6.07, 6.45) is 0. The first-order valence-corrected chi connectivity index (χ1v) is 7.98. The lowest BCUT2D eigenvalue weighted by molar-refractivity contribution is 0.0444. The molecule has 0 aliphatic carbocycles. The number of methoxy groups -OCH3 is 2. The largest absolute Gasteiger partial charge is 0.493 e. The van der Waals surface area contributed by atoms with Crippen LogP contribution >= 0.6 is 0 Å². The second-order valence-electron chi connectivity index (χ2n) is 5.54. The molecule has 0 N–H and O–H groups in total. The second-order valence-corrected chi connectivity index (χ2v) is 5.54. The lowest BCUT2D eigenvalue weighted by atomic mass is 10.1. The minimum Gasteiger partial charge on any atom is -0.493 e. The monoisotopic (exact) mass is 368 g/mol. The van der Waals surface area contributed by atoms with Gasteiger partial charge in [-0.05, 0) is 30.3 Å². The zero-order valence-electron chi connectivity index (χ0n) is 14.7. The Bertz CT molecular complexity index is 1070. The number of benzene rings is 2. The van der Waals surface area contributed by atoms with E-state index < -0.39 is 18.4 Å². The molecule has 7 heteroatoms. The number of hydrogen-bond donors (Lipinski definition) is 0. The Balaban J connectivity index is 1.74. The number of para-hydroxylation sites is 1. The molecule has 0 unspecified atom stereocenters. The van der Waals surface area contributed by atoms with Gasteiger partial charge in [0.05, 0.1) is 19.6 Å². The number of hydrogen-bond acceptors (Lipinski definition) is 7. The number of ketones is 1. The lowest BCUT2D eigenvalue weighted by Crippen LogP contribution is -2.16. The maximum atomic E-state index is 12.3. The number of esters is 1. The second kappa shape index (κ2) is 7.74. The van der Waals surface area contributed by atoms with Crippen molar-refractivity contribution in [3.63, 3.8) is 0 Å². The van der Waals surface area contributed by atoms with E-state index >= 15 is 0 Å². The fourth-order valence-electron chi connectivity index (χ4n) is 2.50. The summed E-state index contributed by atoms with van der Waals surface area (Å²) < 4.78 is 20.6. The molecular weight excluding hydrogens is 352 g/mol. The van der Waals surface area contributed by atoms with E-state index in [1.54, 1.807) is 30.3 Å². The first-order valence-electron chi connectivity index (χ1n) is 7.98. The molecule has 27 heavy (non-hydrogen) atoms. The van der Waals surface area contributed by atoms with E-state index in [2.05, 4.69) is 0 Å². The van der Waals surface area contributed by atoms with Crippen LogP contribution in [0.5, 0.6) is 11.5 Å². The van der Waals surface area contributed by atoms with E-state index in [-0.39, 0.29) is 16.8 Å². The Hall–Kier alpha value is -3.61. The molecule has 0 spiro atoms. The third-order valence-corrected chi connectivity index (χ3v) is 3.88. The Labute approximate surface area is 154 Å². The van der Waals surface area contributed by atoms with Crippen molar-refractivity contribution in [2.75, 3.05) is 20.8 Å². The van der Waals surface area contributed by atoms with Crippen LogP contribution in [0.1, 0.15) is 20.9 Å². The predicted octanol–water partition coefficient (Wildman–Crippen LogP) is 2.85. The van der Waals surface area contributed by atoms with E-state index in [0.717, 1.165) is 6.07 Å². The molecule has 138 valence electrons. The summed E-state index contributed by atoms with van der Waals surface area (Å²) in [4.78, 5) is 36.4. The van der Waals surface area contributed by atoms with Crippen LogP contribution in [0.2, 0.25) is 0 Å². The molecule has 0 atom stereocenters. The Kier molecular flexibility index (Phi) is 5.21. The van der Waals surface area contributed by atoms with Crippen LogP contribution in [0.4, 0.5) is 0 Å². The predicted molar refractivity (Wildman–Crippen MR) is 96.6 cm³/mol. The van der Waals surface area contributed by atoms with Crippen molar-refractivity contribution in [3.8, 4) is 11.5 Å². The maximum Gasteiger partial charge on any atom is 0.374 e. The van der Waals surface area contributed by atoms with Crippen molar-refractivity contribution in [2.45, 2.75) is 0 Å².